The molecule has 15 heavy (non-hydrogen) atoms. The zero-order chi connectivity index (χ0) is 11.4. The number of allylic oxidation sites excluding steroid dienone is 2. The van der Waals surface area contributed by atoms with Crippen molar-refractivity contribution in [3.63, 3.8) is 0 Å². The maximum Gasteiger partial charge on any atom is 0.110 e. The van der Waals surface area contributed by atoms with Gasteiger partial charge in [-0.3, -0.25) is 0 Å². The second-order valence-corrected chi connectivity index (χ2v) is 5.32. The number of benzene rings is 1. The van der Waals surface area contributed by atoms with Crippen molar-refractivity contribution in [3.8, 4) is 0 Å². The number of alkyl halides is 1. The zero-order valence-electron chi connectivity index (χ0n) is 8.68. The molecule has 0 amide bonds. The van der Waals surface area contributed by atoms with Crippen LogP contribution in [0.25, 0.3) is 0 Å². The van der Waals surface area contributed by atoms with E-state index in [0.717, 1.165) is 5.56 Å². The first-order valence-electron chi connectivity index (χ1n) is 4.77. The second kappa shape index (κ2) is 5.66. The summed E-state index contributed by atoms with van der Waals surface area (Å²) in [6.45, 7) is 3.72. The number of hydrogen-bond acceptors (Lipinski definition) is 0. The van der Waals surface area contributed by atoms with Crippen molar-refractivity contribution in [1.82, 2.24) is 0 Å². The summed E-state index contributed by atoms with van der Waals surface area (Å²) in [5.74, 6) is -0.0836. The highest BCUT2D eigenvalue weighted by molar-refractivity contribution is 9.09. The van der Waals surface area contributed by atoms with Crippen LogP contribution in [0.4, 0.5) is 4.39 Å². The van der Waals surface area contributed by atoms with Crippen molar-refractivity contribution in [3.05, 3.63) is 46.8 Å². The average molecular weight is 292 g/mol. The van der Waals surface area contributed by atoms with Gasteiger partial charge >= 0.3 is 0 Å². The average Bonchev–Trinajstić information content (AvgIpc) is 2.18. The molecule has 0 N–H and O–H groups in total. The lowest BCUT2D eigenvalue weighted by Gasteiger charge is -2.08. The van der Waals surface area contributed by atoms with E-state index in [1.807, 2.05) is 31.2 Å². The highest BCUT2D eigenvalue weighted by Crippen LogP contribution is 2.23. The first-order valence-corrected chi connectivity index (χ1v) is 6.07. The quantitative estimate of drug-likeness (QED) is 0.681. The van der Waals surface area contributed by atoms with Gasteiger partial charge in [0.2, 0.25) is 0 Å². The summed E-state index contributed by atoms with van der Waals surface area (Å²) in [5.41, 5.74) is 1.06. The fraction of sp³-hybridized carbons (Fsp3) is 0.333. The topological polar surface area (TPSA) is 0 Å². The molecule has 0 aliphatic carbocycles. The van der Waals surface area contributed by atoms with E-state index in [-0.39, 0.29) is 16.6 Å². The van der Waals surface area contributed by atoms with Crippen LogP contribution in [0.1, 0.15) is 25.3 Å². The van der Waals surface area contributed by atoms with Crippen LogP contribution in [0.5, 0.6) is 0 Å². The van der Waals surface area contributed by atoms with Crippen LogP contribution < -0.4 is 0 Å². The molecule has 1 aromatic rings. The van der Waals surface area contributed by atoms with Crippen molar-refractivity contribution in [2.45, 2.75) is 24.6 Å². The van der Waals surface area contributed by atoms with Crippen LogP contribution >= 0.6 is 27.5 Å². The molecule has 0 fully saturated rings. The second-order valence-electron chi connectivity index (χ2n) is 3.51. The van der Waals surface area contributed by atoms with Gasteiger partial charge in [-0.05, 0) is 30.7 Å². The Bertz CT molecular complexity index is 343. The number of rotatable bonds is 3. The molecule has 2 unspecified atom stereocenters. The minimum Gasteiger partial charge on any atom is -0.211 e. The van der Waals surface area contributed by atoms with Crippen LogP contribution in [0.2, 0.25) is 5.02 Å². The van der Waals surface area contributed by atoms with Gasteiger partial charge in [-0.15, -0.1) is 0 Å². The predicted octanol–water partition coefficient (Wildman–Crippen LogP) is 5.08. The molecule has 0 saturated carbocycles. The van der Waals surface area contributed by atoms with E-state index < -0.39 is 0 Å². The normalized spacial score (nSPS) is 16.2. The zero-order valence-corrected chi connectivity index (χ0v) is 11.0. The fourth-order valence-corrected chi connectivity index (χ4v) is 1.51. The van der Waals surface area contributed by atoms with E-state index in [2.05, 4.69) is 15.9 Å². The largest absolute Gasteiger partial charge is 0.211 e. The molecule has 0 radical (unpaired) electrons. The Labute approximate surface area is 103 Å². The van der Waals surface area contributed by atoms with Gasteiger partial charge in [0.15, 0.2) is 0 Å². The van der Waals surface area contributed by atoms with Crippen molar-refractivity contribution < 1.29 is 4.39 Å². The third-order valence-corrected chi connectivity index (χ3v) is 2.87. The third kappa shape index (κ3) is 3.96. The first kappa shape index (κ1) is 12.7. The van der Waals surface area contributed by atoms with Gasteiger partial charge in [0.25, 0.3) is 0 Å². The predicted molar refractivity (Wildman–Crippen MR) is 67.4 cm³/mol. The molecule has 3 heteroatoms. The minimum atomic E-state index is -0.229. The van der Waals surface area contributed by atoms with Gasteiger partial charge in [-0.1, -0.05) is 46.6 Å². The van der Waals surface area contributed by atoms with E-state index in [1.54, 1.807) is 13.0 Å². The summed E-state index contributed by atoms with van der Waals surface area (Å²) in [4.78, 5) is -0.229. The summed E-state index contributed by atoms with van der Waals surface area (Å²) >= 11 is 8.96. The standard InChI is InChI=1S/C12H13BrClF/c1-8(7-12(15)9(2)13)10-3-5-11(14)6-4-10/h3-9H,1-2H3. The van der Waals surface area contributed by atoms with Gasteiger partial charge in [0, 0.05) is 10.9 Å². The van der Waals surface area contributed by atoms with Crippen LogP contribution in [-0.2, 0) is 0 Å². The molecule has 0 saturated heterocycles. The van der Waals surface area contributed by atoms with Crippen molar-refractivity contribution in [2.75, 3.05) is 0 Å². The molecule has 0 aromatic heterocycles. The lowest BCUT2D eigenvalue weighted by atomic mass is 10.0. The fourth-order valence-electron chi connectivity index (χ4n) is 1.23. The summed E-state index contributed by atoms with van der Waals surface area (Å²) < 4.78 is 13.3. The Balaban J connectivity index is 2.81. The van der Waals surface area contributed by atoms with Crippen LogP contribution in [0.15, 0.2) is 36.2 Å². The van der Waals surface area contributed by atoms with Gasteiger partial charge in [-0.2, -0.15) is 0 Å². The van der Waals surface area contributed by atoms with Crippen LogP contribution in [0, 0.1) is 0 Å². The van der Waals surface area contributed by atoms with E-state index in [4.69, 9.17) is 11.6 Å². The van der Waals surface area contributed by atoms with Gasteiger partial charge in [0.05, 0.1) is 4.83 Å². The Hall–Kier alpha value is -0.340. The highest BCUT2D eigenvalue weighted by atomic mass is 79.9. The maximum atomic E-state index is 13.3. The Kier molecular flexibility index (Phi) is 4.81. The highest BCUT2D eigenvalue weighted by Gasteiger charge is 2.07. The first-order chi connectivity index (χ1) is 7.00. The molecule has 82 valence electrons. The third-order valence-electron chi connectivity index (χ3n) is 2.19. The van der Waals surface area contributed by atoms with Gasteiger partial charge in [0.1, 0.15) is 5.83 Å². The van der Waals surface area contributed by atoms with E-state index in [9.17, 15) is 4.39 Å². The summed E-state index contributed by atoms with van der Waals surface area (Å²) in [5, 5.41) is 0.698. The molecule has 0 aliphatic rings. The lowest BCUT2D eigenvalue weighted by molar-refractivity contribution is 0.603. The molecule has 2 atom stereocenters. The minimum absolute atomic E-state index is 0.0577. The molecule has 1 rings (SSSR count). The van der Waals surface area contributed by atoms with Gasteiger partial charge < -0.3 is 0 Å². The van der Waals surface area contributed by atoms with E-state index in [0.29, 0.717) is 5.02 Å². The number of halogens is 3. The van der Waals surface area contributed by atoms with Crippen molar-refractivity contribution >= 4 is 27.5 Å². The maximum absolute atomic E-state index is 13.3. The lowest BCUT2D eigenvalue weighted by Crippen LogP contribution is -1.95. The summed E-state index contributed by atoms with van der Waals surface area (Å²) in [6.07, 6.45) is 1.61. The molecule has 0 aliphatic heterocycles. The molecule has 0 nitrogen and oxygen atoms in total. The van der Waals surface area contributed by atoms with Crippen LogP contribution in [-0.4, -0.2) is 4.83 Å². The Morgan fingerprint density at radius 2 is 1.87 bits per heavy atom. The summed E-state index contributed by atoms with van der Waals surface area (Å²) in [7, 11) is 0. The Morgan fingerprint density at radius 3 is 2.33 bits per heavy atom. The molecule has 1 aromatic carbocycles. The smallest absolute Gasteiger partial charge is 0.110 e. The Morgan fingerprint density at radius 1 is 1.33 bits per heavy atom. The van der Waals surface area contributed by atoms with E-state index in [1.165, 1.54) is 0 Å². The number of hydrogen-bond donors (Lipinski definition) is 0. The van der Waals surface area contributed by atoms with E-state index >= 15 is 0 Å². The molecule has 0 spiro atoms. The SMILES string of the molecule is CC(Br)C(F)=CC(C)c1ccc(Cl)cc1. The summed E-state index contributed by atoms with van der Waals surface area (Å²) in [6, 6.07) is 7.46. The van der Waals surface area contributed by atoms with Gasteiger partial charge in [-0.25, -0.2) is 4.39 Å². The molecular weight excluding hydrogens is 278 g/mol. The molecular formula is C12H13BrClF. The molecule has 0 bridgehead atoms. The van der Waals surface area contributed by atoms with Crippen molar-refractivity contribution in [1.29, 1.82) is 0 Å². The molecule has 0 heterocycles. The monoisotopic (exact) mass is 290 g/mol. The van der Waals surface area contributed by atoms with Crippen molar-refractivity contribution in [2.24, 2.45) is 0 Å². The van der Waals surface area contributed by atoms with Crippen LogP contribution in [0.3, 0.4) is 0 Å².